The highest BCUT2D eigenvalue weighted by molar-refractivity contribution is 5.21. The third-order valence-corrected chi connectivity index (χ3v) is 3.87. The summed E-state index contributed by atoms with van der Waals surface area (Å²) in [6.07, 6.45) is 0. The molecule has 19 heavy (non-hydrogen) atoms. The standard InChI is InChI=1S/C14H21F2N3/c1-10(11-5-12(15)7-13(16)6-11)19-4-3-18(2)9-14(19)8-17/h5-7,10,14H,3-4,8-9,17H2,1-2H3. The molecule has 106 valence electrons. The van der Waals surface area contributed by atoms with Crippen molar-refractivity contribution >= 4 is 0 Å². The summed E-state index contributed by atoms with van der Waals surface area (Å²) >= 11 is 0. The second-order valence-corrected chi connectivity index (χ2v) is 5.27. The molecule has 5 heteroatoms. The third-order valence-electron chi connectivity index (χ3n) is 3.87. The number of halogens is 2. The topological polar surface area (TPSA) is 32.5 Å². The Kier molecular flexibility index (Phi) is 4.50. The maximum atomic E-state index is 13.3. The van der Waals surface area contributed by atoms with Crippen molar-refractivity contribution in [3.8, 4) is 0 Å². The molecule has 1 aromatic rings. The van der Waals surface area contributed by atoms with Crippen molar-refractivity contribution in [3.05, 3.63) is 35.4 Å². The molecule has 0 spiro atoms. The van der Waals surface area contributed by atoms with E-state index in [1.54, 1.807) is 0 Å². The van der Waals surface area contributed by atoms with Crippen molar-refractivity contribution in [2.75, 3.05) is 33.2 Å². The second-order valence-electron chi connectivity index (χ2n) is 5.27. The minimum atomic E-state index is -0.528. The van der Waals surface area contributed by atoms with Gasteiger partial charge in [-0.1, -0.05) is 0 Å². The van der Waals surface area contributed by atoms with Gasteiger partial charge in [-0.3, -0.25) is 4.90 Å². The van der Waals surface area contributed by atoms with Crippen LogP contribution in [-0.2, 0) is 0 Å². The summed E-state index contributed by atoms with van der Waals surface area (Å²) in [4.78, 5) is 4.46. The Balaban J connectivity index is 2.19. The number of hydrogen-bond acceptors (Lipinski definition) is 3. The van der Waals surface area contributed by atoms with Gasteiger partial charge in [-0.15, -0.1) is 0 Å². The van der Waals surface area contributed by atoms with Crippen molar-refractivity contribution in [3.63, 3.8) is 0 Å². The van der Waals surface area contributed by atoms with E-state index in [1.165, 1.54) is 12.1 Å². The number of hydrogen-bond donors (Lipinski definition) is 1. The maximum Gasteiger partial charge on any atom is 0.126 e. The Bertz CT molecular complexity index is 418. The lowest BCUT2D eigenvalue weighted by Crippen LogP contribution is -2.55. The van der Waals surface area contributed by atoms with Gasteiger partial charge in [0.1, 0.15) is 11.6 Å². The van der Waals surface area contributed by atoms with Crippen LogP contribution in [0.25, 0.3) is 0 Å². The fourth-order valence-electron chi connectivity index (χ4n) is 2.75. The first-order valence-electron chi connectivity index (χ1n) is 6.61. The SMILES string of the molecule is CC(c1cc(F)cc(F)c1)N1CCN(C)CC1CN. The molecule has 0 saturated carbocycles. The molecule has 1 aromatic carbocycles. The predicted molar refractivity (Wildman–Crippen MR) is 71.8 cm³/mol. The lowest BCUT2D eigenvalue weighted by Gasteiger charge is -2.43. The fourth-order valence-corrected chi connectivity index (χ4v) is 2.75. The van der Waals surface area contributed by atoms with E-state index in [-0.39, 0.29) is 12.1 Å². The van der Waals surface area contributed by atoms with Crippen LogP contribution in [0.3, 0.4) is 0 Å². The van der Waals surface area contributed by atoms with Gasteiger partial charge in [-0.25, -0.2) is 8.78 Å². The first-order chi connectivity index (χ1) is 9.01. The molecule has 0 aromatic heterocycles. The number of likely N-dealkylation sites (N-methyl/N-ethyl adjacent to an activating group) is 1. The molecule has 1 fully saturated rings. The van der Waals surface area contributed by atoms with Gasteiger partial charge < -0.3 is 10.6 Å². The molecule has 1 aliphatic rings. The first kappa shape index (κ1) is 14.4. The average Bonchev–Trinajstić information content (AvgIpc) is 2.36. The second kappa shape index (κ2) is 5.94. The van der Waals surface area contributed by atoms with Gasteiger partial charge in [0.25, 0.3) is 0 Å². The Morgan fingerprint density at radius 1 is 1.26 bits per heavy atom. The number of nitrogens with two attached hydrogens (primary N) is 1. The molecule has 2 atom stereocenters. The highest BCUT2D eigenvalue weighted by Gasteiger charge is 2.28. The largest absolute Gasteiger partial charge is 0.329 e. The average molecular weight is 269 g/mol. The van der Waals surface area contributed by atoms with Crippen molar-refractivity contribution < 1.29 is 8.78 Å². The number of piperazine rings is 1. The molecule has 2 rings (SSSR count). The fraction of sp³-hybridized carbons (Fsp3) is 0.571. The monoisotopic (exact) mass is 269 g/mol. The third kappa shape index (κ3) is 3.29. The minimum Gasteiger partial charge on any atom is -0.329 e. The Hall–Kier alpha value is -1.04. The molecular formula is C14H21F2N3. The molecule has 1 heterocycles. The number of nitrogens with zero attached hydrogens (tertiary/aromatic N) is 2. The molecular weight excluding hydrogens is 248 g/mol. The lowest BCUT2D eigenvalue weighted by molar-refractivity contribution is 0.0619. The highest BCUT2D eigenvalue weighted by atomic mass is 19.1. The van der Waals surface area contributed by atoms with Crippen LogP contribution in [0.15, 0.2) is 18.2 Å². The molecule has 2 N–H and O–H groups in total. The van der Waals surface area contributed by atoms with Crippen LogP contribution in [0.2, 0.25) is 0 Å². The predicted octanol–water partition coefficient (Wildman–Crippen LogP) is 1.60. The van der Waals surface area contributed by atoms with Crippen molar-refractivity contribution in [1.29, 1.82) is 0 Å². The summed E-state index contributed by atoms with van der Waals surface area (Å²) in [6, 6.07) is 3.90. The van der Waals surface area contributed by atoms with Crippen molar-refractivity contribution in [2.45, 2.75) is 19.0 Å². The summed E-state index contributed by atoms with van der Waals surface area (Å²) in [5, 5.41) is 0. The van der Waals surface area contributed by atoms with Gasteiger partial charge in [0.2, 0.25) is 0 Å². The molecule has 1 saturated heterocycles. The van der Waals surface area contributed by atoms with E-state index in [4.69, 9.17) is 5.73 Å². The summed E-state index contributed by atoms with van der Waals surface area (Å²) in [7, 11) is 2.06. The van der Waals surface area contributed by atoms with E-state index in [2.05, 4.69) is 16.8 Å². The van der Waals surface area contributed by atoms with Gasteiger partial charge in [0.05, 0.1) is 0 Å². The van der Waals surface area contributed by atoms with Gasteiger partial charge in [0.15, 0.2) is 0 Å². The number of benzene rings is 1. The molecule has 3 nitrogen and oxygen atoms in total. The molecule has 2 unspecified atom stereocenters. The Labute approximate surface area is 113 Å². The number of rotatable bonds is 3. The van der Waals surface area contributed by atoms with E-state index < -0.39 is 11.6 Å². The molecule has 0 aliphatic carbocycles. The van der Waals surface area contributed by atoms with E-state index >= 15 is 0 Å². The molecule has 0 amide bonds. The van der Waals surface area contributed by atoms with Gasteiger partial charge in [0, 0.05) is 44.3 Å². The first-order valence-corrected chi connectivity index (χ1v) is 6.61. The highest BCUT2D eigenvalue weighted by Crippen LogP contribution is 2.25. The summed E-state index contributed by atoms with van der Waals surface area (Å²) < 4.78 is 26.6. The molecule has 0 bridgehead atoms. The van der Waals surface area contributed by atoms with Gasteiger partial charge >= 0.3 is 0 Å². The minimum absolute atomic E-state index is 0.0348. The molecule has 0 radical (unpaired) electrons. The quantitative estimate of drug-likeness (QED) is 0.904. The van der Waals surface area contributed by atoms with Crippen LogP contribution in [0.1, 0.15) is 18.5 Å². The smallest absolute Gasteiger partial charge is 0.126 e. The lowest BCUT2D eigenvalue weighted by atomic mass is 10.0. The molecule has 1 aliphatic heterocycles. The normalized spacial score (nSPS) is 23.5. The van der Waals surface area contributed by atoms with Crippen molar-refractivity contribution in [2.24, 2.45) is 5.73 Å². The Morgan fingerprint density at radius 3 is 2.47 bits per heavy atom. The van der Waals surface area contributed by atoms with E-state index in [1.807, 2.05) is 6.92 Å². The maximum absolute atomic E-state index is 13.3. The zero-order chi connectivity index (χ0) is 14.0. The van der Waals surface area contributed by atoms with E-state index in [0.717, 1.165) is 25.7 Å². The van der Waals surface area contributed by atoms with E-state index in [9.17, 15) is 8.78 Å². The zero-order valence-electron chi connectivity index (χ0n) is 11.4. The van der Waals surface area contributed by atoms with Gasteiger partial charge in [-0.2, -0.15) is 0 Å². The van der Waals surface area contributed by atoms with Crippen LogP contribution in [0.5, 0.6) is 0 Å². The van der Waals surface area contributed by atoms with Crippen LogP contribution in [0.4, 0.5) is 8.78 Å². The van der Waals surface area contributed by atoms with Crippen LogP contribution >= 0.6 is 0 Å². The van der Waals surface area contributed by atoms with Crippen molar-refractivity contribution in [1.82, 2.24) is 9.80 Å². The zero-order valence-corrected chi connectivity index (χ0v) is 11.4. The summed E-state index contributed by atoms with van der Waals surface area (Å²) in [5.74, 6) is -1.06. The van der Waals surface area contributed by atoms with Crippen LogP contribution in [-0.4, -0.2) is 49.1 Å². The summed E-state index contributed by atoms with van der Waals surface area (Å²) in [5.41, 5.74) is 6.48. The van der Waals surface area contributed by atoms with Crippen LogP contribution in [0, 0.1) is 11.6 Å². The summed E-state index contributed by atoms with van der Waals surface area (Å²) in [6.45, 7) is 5.21. The van der Waals surface area contributed by atoms with E-state index in [0.29, 0.717) is 12.1 Å². The van der Waals surface area contributed by atoms with Gasteiger partial charge in [-0.05, 0) is 31.7 Å². The Morgan fingerprint density at radius 2 is 1.89 bits per heavy atom. The van der Waals surface area contributed by atoms with Crippen LogP contribution < -0.4 is 5.73 Å².